The number of nitrogens with two attached hydrogens (primary N) is 2. The lowest BCUT2D eigenvalue weighted by Crippen LogP contribution is -2.38. The van der Waals surface area contributed by atoms with Crippen LogP contribution >= 0.6 is 24.8 Å². The Morgan fingerprint density at radius 1 is 1.19 bits per heavy atom. The van der Waals surface area contributed by atoms with E-state index in [1.54, 1.807) is 0 Å². The number of carbonyl (C=O) groups is 1. The number of anilines is 1. The number of hydrogen-bond acceptors (Lipinski definition) is 5. The number of nitrogens with zero attached hydrogens (tertiary/aromatic N) is 3. The van der Waals surface area contributed by atoms with Crippen LogP contribution in [-0.2, 0) is 0 Å². The standard InChI is InChI=1S/C21H31N7O.2ClH/c1-3-4-11-24-20(29)19-25-15-10-9-13(2)12-14(15)18(28-19)26-16-7-5-6-8-17(16)27-21(22)23;;/h9-10,12,16-17H,3-8,11H2,1-2H3,(H,24,29)(H4,22,23,27)(H,25,26,28);2*1H/t16-,17+;;/m0../s1. The van der Waals surface area contributed by atoms with Crippen LogP contribution in [0.1, 0.15) is 61.6 Å². The zero-order valence-corrected chi connectivity index (χ0v) is 19.7. The third-order valence-corrected chi connectivity index (χ3v) is 5.24. The number of carbonyl (C=O) groups excluding carboxylic acids is 1. The number of amides is 1. The van der Waals surface area contributed by atoms with Gasteiger partial charge in [-0.25, -0.2) is 15.0 Å². The molecule has 0 saturated heterocycles. The van der Waals surface area contributed by atoms with Gasteiger partial charge >= 0.3 is 0 Å². The van der Waals surface area contributed by atoms with E-state index in [0.717, 1.165) is 55.0 Å². The quantitative estimate of drug-likeness (QED) is 0.279. The average Bonchev–Trinajstić information content (AvgIpc) is 2.69. The molecule has 0 aliphatic heterocycles. The van der Waals surface area contributed by atoms with E-state index in [1.165, 1.54) is 0 Å². The highest BCUT2D eigenvalue weighted by molar-refractivity contribution is 5.96. The second-order valence-electron chi connectivity index (χ2n) is 7.68. The Balaban J connectivity index is 0.00000240. The van der Waals surface area contributed by atoms with Crippen molar-refractivity contribution in [3.05, 3.63) is 29.6 Å². The van der Waals surface area contributed by atoms with Gasteiger partial charge in [0.15, 0.2) is 5.96 Å². The zero-order valence-electron chi connectivity index (χ0n) is 18.1. The summed E-state index contributed by atoms with van der Waals surface area (Å²) in [5.74, 6) is 0.674. The van der Waals surface area contributed by atoms with Gasteiger partial charge in [-0.15, -0.1) is 24.8 Å². The molecule has 1 aromatic heterocycles. The van der Waals surface area contributed by atoms with Gasteiger partial charge in [-0.2, -0.15) is 0 Å². The van der Waals surface area contributed by atoms with E-state index in [9.17, 15) is 4.79 Å². The van der Waals surface area contributed by atoms with Crippen LogP contribution in [0, 0.1) is 6.92 Å². The fourth-order valence-electron chi connectivity index (χ4n) is 3.71. The number of nitrogens with one attached hydrogen (secondary N) is 2. The van der Waals surface area contributed by atoms with Crippen molar-refractivity contribution in [1.29, 1.82) is 0 Å². The summed E-state index contributed by atoms with van der Waals surface area (Å²) in [6, 6.07) is 6.00. The van der Waals surface area contributed by atoms with Crippen LogP contribution < -0.4 is 22.1 Å². The average molecular weight is 470 g/mol. The Labute approximate surface area is 195 Å². The third-order valence-electron chi connectivity index (χ3n) is 5.24. The Morgan fingerprint density at radius 3 is 2.65 bits per heavy atom. The number of unbranched alkanes of at least 4 members (excludes halogenated alkanes) is 1. The molecule has 1 aromatic carbocycles. The molecule has 1 saturated carbocycles. The number of fused-ring (bicyclic) bond motifs is 1. The largest absolute Gasteiger partial charge is 0.370 e. The molecular weight excluding hydrogens is 437 g/mol. The predicted octanol–water partition coefficient (Wildman–Crippen LogP) is 3.31. The van der Waals surface area contributed by atoms with E-state index in [-0.39, 0.29) is 54.6 Å². The van der Waals surface area contributed by atoms with Crippen LogP contribution in [0.2, 0.25) is 0 Å². The van der Waals surface area contributed by atoms with Gasteiger partial charge in [-0.3, -0.25) is 4.79 Å². The number of hydrogen-bond donors (Lipinski definition) is 4. The molecule has 6 N–H and O–H groups in total. The second kappa shape index (κ2) is 12.5. The maximum atomic E-state index is 12.6. The molecule has 0 radical (unpaired) electrons. The van der Waals surface area contributed by atoms with E-state index >= 15 is 0 Å². The summed E-state index contributed by atoms with van der Waals surface area (Å²) in [4.78, 5) is 26.0. The summed E-state index contributed by atoms with van der Waals surface area (Å²) >= 11 is 0. The summed E-state index contributed by atoms with van der Waals surface area (Å²) in [7, 11) is 0. The van der Waals surface area contributed by atoms with Crippen LogP contribution in [0.3, 0.4) is 0 Å². The Morgan fingerprint density at radius 2 is 1.94 bits per heavy atom. The molecule has 1 aliphatic rings. The van der Waals surface area contributed by atoms with E-state index in [2.05, 4.69) is 32.5 Å². The molecule has 0 unspecified atom stereocenters. The van der Waals surface area contributed by atoms with Gasteiger partial charge in [0.05, 0.1) is 17.6 Å². The smallest absolute Gasteiger partial charge is 0.289 e. The van der Waals surface area contributed by atoms with E-state index in [0.29, 0.717) is 12.4 Å². The molecule has 8 nitrogen and oxygen atoms in total. The highest BCUT2D eigenvalue weighted by atomic mass is 35.5. The molecule has 2 aromatic rings. The number of halogens is 2. The minimum atomic E-state index is -0.256. The lowest BCUT2D eigenvalue weighted by atomic mass is 9.90. The molecule has 0 spiro atoms. The first kappa shape index (κ1) is 26.7. The first-order chi connectivity index (χ1) is 14.0. The number of aryl methyl sites for hydroxylation is 1. The molecule has 1 amide bonds. The van der Waals surface area contributed by atoms with Crippen molar-refractivity contribution in [2.75, 3.05) is 11.9 Å². The molecule has 31 heavy (non-hydrogen) atoms. The van der Waals surface area contributed by atoms with Gasteiger partial charge in [0.25, 0.3) is 5.91 Å². The topological polar surface area (TPSA) is 131 Å². The molecule has 1 aliphatic carbocycles. The van der Waals surface area contributed by atoms with Crippen LogP contribution in [0.25, 0.3) is 10.9 Å². The van der Waals surface area contributed by atoms with Gasteiger partial charge in [0, 0.05) is 11.9 Å². The molecule has 0 bridgehead atoms. The summed E-state index contributed by atoms with van der Waals surface area (Å²) in [5, 5.41) is 7.31. The summed E-state index contributed by atoms with van der Waals surface area (Å²) in [6.45, 7) is 4.72. The monoisotopic (exact) mass is 469 g/mol. The first-order valence-electron chi connectivity index (χ1n) is 10.4. The minimum absolute atomic E-state index is 0. The van der Waals surface area contributed by atoms with Gasteiger partial charge in [-0.05, 0) is 38.3 Å². The Hall–Kier alpha value is -2.32. The van der Waals surface area contributed by atoms with E-state index in [4.69, 9.17) is 11.5 Å². The van der Waals surface area contributed by atoms with Gasteiger partial charge in [0.1, 0.15) is 5.82 Å². The fourth-order valence-corrected chi connectivity index (χ4v) is 3.71. The maximum absolute atomic E-state index is 12.6. The van der Waals surface area contributed by atoms with E-state index in [1.807, 2.05) is 25.1 Å². The molecular formula is C21H33Cl2N7O. The van der Waals surface area contributed by atoms with Gasteiger partial charge in [0.2, 0.25) is 5.82 Å². The highest BCUT2D eigenvalue weighted by Gasteiger charge is 2.26. The summed E-state index contributed by atoms with van der Waals surface area (Å²) < 4.78 is 0. The van der Waals surface area contributed by atoms with Crippen molar-refractivity contribution in [3.63, 3.8) is 0 Å². The first-order valence-corrected chi connectivity index (χ1v) is 10.4. The normalized spacial score (nSPS) is 17.7. The van der Waals surface area contributed by atoms with Crippen LogP contribution in [0.15, 0.2) is 23.2 Å². The predicted molar refractivity (Wildman–Crippen MR) is 131 cm³/mol. The zero-order chi connectivity index (χ0) is 20.8. The molecule has 172 valence electrons. The number of benzene rings is 1. The molecule has 3 rings (SSSR count). The van der Waals surface area contributed by atoms with Crippen LogP contribution in [-0.4, -0.2) is 40.5 Å². The SMILES string of the molecule is CCCCNC(=O)c1nc(N[C@H]2CCCC[C@H]2N=C(N)N)c2cc(C)ccc2n1.Cl.Cl. The van der Waals surface area contributed by atoms with Gasteiger partial charge in [-0.1, -0.05) is 37.8 Å². The molecule has 1 heterocycles. The third kappa shape index (κ3) is 7.11. The minimum Gasteiger partial charge on any atom is -0.370 e. The molecule has 10 heteroatoms. The van der Waals surface area contributed by atoms with Crippen molar-refractivity contribution in [2.45, 2.75) is 64.5 Å². The highest BCUT2D eigenvalue weighted by Crippen LogP contribution is 2.28. The fraction of sp³-hybridized carbons (Fsp3) is 0.524. The van der Waals surface area contributed by atoms with Crippen LogP contribution in [0.5, 0.6) is 0 Å². The van der Waals surface area contributed by atoms with Crippen molar-refractivity contribution >= 4 is 53.4 Å². The number of guanidine groups is 1. The summed E-state index contributed by atoms with van der Waals surface area (Å²) in [6.07, 6.45) is 5.98. The number of rotatable bonds is 7. The van der Waals surface area contributed by atoms with Crippen molar-refractivity contribution in [3.8, 4) is 0 Å². The lowest BCUT2D eigenvalue weighted by molar-refractivity contribution is 0.0943. The van der Waals surface area contributed by atoms with Crippen molar-refractivity contribution < 1.29 is 4.79 Å². The maximum Gasteiger partial charge on any atom is 0.289 e. The summed E-state index contributed by atoms with van der Waals surface area (Å²) in [5.41, 5.74) is 13.1. The Kier molecular flexibility index (Phi) is 10.8. The molecule has 2 atom stereocenters. The molecule has 1 fully saturated rings. The van der Waals surface area contributed by atoms with E-state index < -0.39 is 0 Å². The van der Waals surface area contributed by atoms with Crippen molar-refractivity contribution in [1.82, 2.24) is 15.3 Å². The Bertz CT molecular complexity index is 903. The number of aliphatic imine (C=N–C) groups is 1. The van der Waals surface area contributed by atoms with Gasteiger partial charge < -0.3 is 22.1 Å². The number of aromatic nitrogens is 2. The second-order valence-corrected chi connectivity index (χ2v) is 7.68. The van der Waals surface area contributed by atoms with Crippen molar-refractivity contribution in [2.24, 2.45) is 16.5 Å². The van der Waals surface area contributed by atoms with Crippen LogP contribution in [0.4, 0.5) is 5.82 Å². The lowest BCUT2D eigenvalue weighted by Gasteiger charge is -2.30.